The molecule has 96 valence electrons. The van der Waals surface area contributed by atoms with Crippen molar-refractivity contribution in [2.24, 2.45) is 0 Å². The summed E-state index contributed by atoms with van der Waals surface area (Å²) < 4.78 is 0. The first-order valence-corrected chi connectivity index (χ1v) is 6.28. The van der Waals surface area contributed by atoms with E-state index in [-0.39, 0.29) is 6.03 Å². The minimum atomic E-state index is -0.102. The molecule has 0 unspecified atom stereocenters. The first kappa shape index (κ1) is 11.7. The number of carbonyl (C=O) groups is 1. The summed E-state index contributed by atoms with van der Waals surface area (Å²) in [5, 5.41) is 2.84. The molecule has 2 amide bonds. The van der Waals surface area contributed by atoms with Crippen molar-refractivity contribution in [1.82, 2.24) is 9.88 Å². The molecule has 4 heteroatoms. The van der Waals surface area contributed by atoms with Crippen LogP contribution in [0.25, 0.3) is 0 Å². The molecule has 0 saturated carbocycles. The molecule has 3 rings (SSSR count). The quantitative estimate of drug-likeness (QED) is 0.849. The standard InChI is InChI=1S/C15H15N3O/c1-11-6-7-16-14(8-11)17-15(19)18-9-12-4-2-3-5-13(12)10-18/h2-8H,9-10H2,1H3,(H,16,17,19). The summed E-state index contributed by atoms with van der Waals surface area (Å²) >= 11 is 0. The molecule has 0 atom stereocenters. The molecule has 2 aromatic rings. The number of urea groups is 1. The summed E-state index contributed by atoms with van der Waals surface area (Å²) in [5.74, 6) is 0.598. The van der Waals surface area contributed by atoms with Crippen molar-refractivity contribution < 1.29 is 4.79 Å². The molecule has 0 bridgehead atoms. The molecule has 4 nitrogen and oxygen atoms in total. The molecule has 1 aliphatic rings. The van der Waals surface area contributed by atoms with Gasteiger partial charge in [-0.1, -0.05) is 24.3 Å². The third kappa shape index (κ3) is 2.42. The lowest BCUT2D eigenvalue weighted by molar-refractivity contribution is 0.212. The predicted molar refractivity (Wildman–Crippen MR) is 73.7 cm³/mol. The number of nitrogens with one attached hydrogen (secondary N) is 1. The van der Waals surface area contributed by atoms with E-state index in [4.69, 9.17) is 0 Å². The van der Waals surface area contributed by atoms with E-state index in [0.717, 1.165) is 5.56 Å². The van der Waals surface area contributed by atoms with Crippen molar-refractivity contribution in [2.45, 2.75) is 20.0 Å². The third-order valence-corrected chi connectivity index (χ3v) is 3.28. The molecule has 2 heterocycles. The van der Waals surface area contributed by atoms with Crippen molar-refractivity contribution in [3.05, 3.63) is 59.3 Å². The van der Waals surface area contributed by atoms with Gasteiger partial charge >= 0.3 is 6.03 Å². The third-order valence-electron chi connectivity index (χ3n) is 3.28. The summed E-state index contributed by atoms with van der Waals surface area (Å²) in [4.78, 5) is 18.1. The van der Waals surface area contributed by atoms with Gasteiger partial charge in [0, 0.05) is 19.3 Å². The molecular formula is C15H15N3O. The predicted octanol–water partition coefficient (Wildman–Crippen LogP) is 2.94. The Bertz CT molecular complexity index is 599. The number of aryl methyl sites for hydroxylation is 1. The fourth-order valence-electron chi connectivity index (χ4n) is 2.27. The fraction of sp³-hybridized carbons (Fsp3) is 0.200. The average Bonchev–Trinajstić information content (AvgIpc) is 2.82. The van der Waals surface area contributed by atoms with E-state index in [1.807, 2.05) is 31.2 Å². The van der Waals surface area contributed by atoms with Crippen LogP contribution in [0.4, 0.5) is 10.6 Å². The van der Waals surface area contributed by atoms with Crippen LogP contribution in [0.15, 0.2) is 42.6 Å². The number of fused-ring (bicyclic) bond motifs is 1. The zero-order chi connectivity index (χ0) is 13.2. The fourth-order valence-corrected chi connectivity index (χ4v) is 2.27. The van der Waals surface area contributed by atoms with E-state index in [1.165, 1.54) is 11.1 Å². The lowest BCUT2D eigenvalue weighted by Gasteiger charge is -2.16. The minimum absolute atomic E-state index is 0.102. The lowest BCUT2D eigenvalue weighted by Crippen LogP contribution is -2.30. The molecule has 0 spiro atoms. The van der Waals surface area contributed by atoms with E-state index >= 15 is 0 Å². The number of carbonyl (C=O) groups excluding carboxylic acids is 1. The number of anilines is 1. The molecule has 1 N–H and O–H groups in total. The Kier molecular flexibility index (Phi) is 2.91. The van der Waals surface area contributed by atoms with Crippen LogP contribution in [-0.4, -0.2) is 15.9 Å². The SMILES string of the molecule is Cc1ccnc(NC(=O)N2Cc3ccccc3C2)c1. The second-order valence-corrected chi connectivity index (χ2v) is 4.77. The van der Waals surface area contributed by atoms with Gasteiger partial charge < -0.3 is 4.90 Å². The number of aromatic nitrogens is 1. The summed E-state index contributed by atoms with van der Waals surface area (Å²) in [6.45, 7) is 3.30. The number of amides is 2. The van der Waals surface area contributed by atoms with Gasteiger partial charge in [0.05, 0.1) is 0 Å². The number of pyridine rings is 1. The molecule has 1 aliphatic heterocycles. The summed E-state index contributed by atoms with van der Waals surface area (Å²) in [7, 11) is 0. The topological polar surface area (TPSA) is 45.2 Å². The highest BCUT2D eigenvalue weighted by Gasteiger charge is 2.22. The van der Waals surface area contributed by atoms with Gasteiger partial charge in [0.25, 0.3) is 0 Å². The molecule has 1 aromatic heterocycles. The van der Waals surface area contributed by atoms with Crippen LogP contribution in [0.5, 0.6) is 0 Å². The maximum Gasteiger partial charge on any atom is 0.323 e. The van der Waals surface area contributed by atoms with Gasteiger partial charge in [-0.3, -0.25) is 5.32 Å². The maximum absolute atomic E-state index is 12.2. The van der Waals surface area contributed by atoms with Crippen LogP contribution in [0.2, 0.25) is 0 Å². The number of rotatable bonds is 1. The Morgan fingerprint density at radius 2 is 1.89 bits per heavy atom. The number of nitrogens with zero attached hydrogens (tertiary/aromatic N) is 2. The van der Waals surface area contributed by atoms with Gasteiger partial charge in [-0.25, -0.2) is 9.78 Å². The smallest absolute Gasteiger partial charge is 0.316 e. The van der Waals surface area contributed by atoms with Crippen molar-refractivity contribution in [3.8, 4) is 0 Å². The Balaban J connectivity index is 1.70. The van der Waals surface area contributed by atoms with Crippen LogP contribution < -0.4 is 5.32 Å². The highest BCUT2D eigenvalue weighted by molar-refractivity contribution is 5.88. The van der Waals surface area contributed by atoms with Crippen molar-refractivity contribution in [1.29, 1.82) is 0 Å². The van der Waals surface area contributed by atoms with Gasteiger partial charge in [-0.05, 0) is 35.7 Å². The molecular weight excluding hydrogens is 238 g/mol. The van der Waals surface area contributed by atoms with E-state index in [1.54, 1.807) is 11.1 Å². The molecule has 0 radical (unpaired) electrons. The molecule has 0 saturated heterocycles. The van der Waals surface area contributed by atoms with Gasteiger partial charge in [0.1, 0.15) is 5.82 Å². The van der Waals surface area contributed by atoms with Gasteiger partial charge in [-0.15, -0.1) is 0 Å². The normalized spacial score (nSPS) is 13.2. The van der Waals surface area contributed by atoms with Crippen LogP contribution in [0.3, 0.4) is 0 Å². The summed E-state index contributed by atoms with van der Waals surface area (Å²) in [6, 6.07) is 11.8. The molecule has 0 fully saturated rings. The highest BCUT2D eigenvalue weighted by atomic mass is 16.2. The first-order valence-electron chi connectivity index (χ1n) is 6.28. The number of hydrogen-bond acceptors (Lipinski definition) is 2. The van der Waals surface area contributed by atoms with Gasteiger partial charge in [0.2, 0.25) is 0 Å². The van der Waals surface area contributed by atoms with Gasteiger partial charge in [0.15, 0.2) is 0 Å². The van der Waals surface area contributed by atoms with Gasteiger partial charge in [-0.2, -0.15) is 0 Å². The minimum Gasteiger partial charge on any atom is -0.316 e. The van der Waals surface area contributed by atoms with E-state index in [9.17, 15) is 4.79 Å². The molecule has 19 heavy (non-hydrogen) atoms. The Morgan fingerprint density at radius 3 is 2.53 bits per heavy atom. The van der Waals surface area contributed by atoms with E-state index in [2.05, 4.69) is 22.4 Å². The van der Waals surface area contributed by atoms with Crippen LogP contribution >= 0.6 is 0 Å². The Hall–Kier alpha value is -2.36. The average molecular weight is 253 g/mol. The van der Waals surface area contributed by atoms with Crippen LogP contribution in [0.1, 0.15) is 16.7 Å². The maximum atomic E-state index is 12.2. The lowest BCUT2D eigenvalue weighted by atomic mass is 10.1. The number of hydrogen-bond donors (Lipinski definition) is 1. The first-order chi connectivity index (χ1) is 9.22. The summed E-state index contributed by atoms with van der Waals surface area (Å²) in [6.07, 6.45) is 1.70. The molecule has 1 aromatic carbocycles. The van der Waals surface area contributed by atoms with Crippen molar-refractivity contribution in [2.75, 3.05) is 5.32 Å². The van der Waals surface area contributed by atoms with Crippen LogP contribution in [0, 0.1) is 6.92 Å². The monoisotopic (exact) mass is 253 g/mol. The van der Waals surface area contributed by atoms with E-state index < -0.39 is 0 Å². The highest BCUT2D eigenvalue weighted by Crippen LogP contribution is 2.22. The zero-order valence-electron chi connectivity index (χ0n) is 10.8. The molecule has 0 aliphatic carbocycles. The number of benzene rings is 1. The summed E-state index contributed by atoms with van der Waals surface area (Å²) in [5.41, 5.74) is 3.51. The second kappa shape index (κ2) is 4.72. The van der Waals surface area contributed by atoms with E-state index in [0.29, 0.717) is 18.9 Å². The largest absolute Gasteiger partial charge is 0.323 e. The van der Waals surface area contributed by atoms with Crippen molar-refractivity contribution in [3.63, 3.8) is 0 Å². The zero-order valence-corrected chi connectivity index (χ0v) is 10.8. The Morgan fingerprint density at radius 1 is 1.21 bits per heavy atom. The second-order valence-electron chi connectivity index (χ2n) is 4.77. The van der Waals surface area contributed by atoms with Crippen molar-refractivity contribution >= 4 is 11.8 Å². The van der Waals surface area contributed by atoms with Crippen LogP contribution in [-0.2, 0) is 13.1 Å². The Labute approximate surface area is 112 Å².